The Labute approximate surface area is 166 Å². The summed E-state index contributed by atoms with van der Waals surface area (Å²) >= 11 is 0. The molecule has 0 saturated heterocycles. The average Bonchev–Trinajstić information content (AvgIpc) is 2.68. The van der Waals surface area contributed by atoms with Gasteiger partial charge in [-0.15, -0.1) is 0 Å². The van der Waals surface area contributed by atoms with Crippen molar-refractivity contribution in [1.82, 2.24) is 0 Å². The van der Waals surface area contributed by atoms with Crippen LogP contribution in [0.15, 0.2) is 60.9 Å². The minimum atomic E-state index is -0.561. The summed E-state index contributed by atoms with van der Waals surface area (Å²) in [6.07, 6.45) is -0.0245. The molecule has 0 aliphatic heterocycles. The molecule has 0 aliphatic rings. The largest absolute Gasteiger partial charge is 0.493 e. The highest BCUT2D eigenvalue weighted by molar-refractivity contribution is 5.97. The van der Waals surface area contributed by atoms with E-state index in [9.17, 15) is 9.59 Å². The lowest BCUT2D eigenvalue weighted by atomic mass is 10.0. The van der Waals surface area contributed by atoms with Crippen molar-refractivity contribution in [1.29, 1.82) is 0 Å². The molecular formula is C23H20O6. The molecule has 2 aromatic heterocycles. The van der Waals surface area contributed by atoms with Crippen LogP contribution >= 0.6 is 0 Å². The predicted octanol–water partition coefficient (Wildman–Crippen LogP) is 4.67. The van der Waals surface area contributed by atoms with E-state index in [0.717, 1.165) is 0 Å². The van der Waals surface area contributed by atoms with Crippen LogP contribution in [-0.4, -0.2) is 13.2 Å². The number of hydrogen-bond acceptors (Lipinski definition) is 6. The van der Waals surface area contributed by atoms with Gasteiger partial charge >= 0.3 is 11.3 Å². The number of fused-ring (bicyclic) bond motifs is 2. The molecule has 0 fully saturated rings. The van der Waals surface area contributed by atoms with Gasteiger partial charge in [-0.3, -0.25) is 0 Å². The van der Waals surface area contributed by atoms with Crippen LogP contribution in [0.3, 0.4) is 0 Å². The zero-order valence-corrected chi connectivity index (χ0v) is 16.6. The van der Waals surface area contributed by atoms with Gasteiger partial charge in [0.2, 0.25) is 0 Å². The van der Waals surface area contributed by atoms with Crippen molar-refractivity contribution in [3.63, 3.8) is 0 Å². The van der Waals surface area contributed by atoms with Gasteiger partial charge in [-0.25, -0.2) is 9.59 Å². The Morgan fingerprint density at radius 1 is 0.897 bits per heavy atom. The monoisotopic (exact) mass is 392 g/mol. The molecule has 2 heterocycles. The summed E-state index contributed by atoms with van der Waals surface area (Å²) in [6.45, 7) is 5.66. The highest BCUT2D eigenvalue weighted by atomic mass is 16.5. The van der Waals surface area contributed by atoms with Crippen molar-refractivity contribution in [2.24, 2.45) is 0 Å². The van der Waals surface area contributed by atoms with Crippen LogP contribution in [0.25, 0.3) is 33.1 Å². The van der Waals surface area contributed by atoms with Crippen LogP contribution in [0.5, 0.6) is 11.5 Å². The Kier molecular flexibility index (Phi) is 4.62. The summed E-state index contributed by atoms with van der Waals surface area (Å²) in [5, 5.41) is 1.32. The van der Waals surface area contributed by atoms with Crippen molar-refractivity contribution in [3.8, 4) is 22.6 Å². The molecule has 0 unspecified atom stereocenters. The van der Waals surface area contributed by atoms with Gasteiger partial charge in [0.1, 0.15) is 11.3 Å². The quantitative estimate of drug-likeness (QED) is 0.470. The number of ether oxygens (including phenoxy) is 2. The molecule has 0 N–H and O–H groups in total. The van der Waals surface area contributed by atoms with Crippen molar-refractivity contribution < 1.29 is 18.3 Å². The minimum Gasteiger partial charge on any atom is -0.493 e. The summed E-state index contributed by atoms with van der Waals surface area (Å²) < 4.78 is 22.0. The van der Waals surface area contributed by atoms with Crippen LogP contribution in [0.1, 0.15) is 19.4 Å². The van der Waals surface area contributed by atoms with Crippen LogP contribution in [0, 0.1) is 6.92 Å². The number of para-hydroxylation sites is 1. The number of rotatable bonds is 4. The third-order valence-corrected chi connectivity index (χ3v) is 4.71. The van der Waals surface area contributed by atoms with Crippen molar-refractivity contribution in [2.75, 3.05) is 7.11 Å². The first-order valence-corrected chi connectivity index (χ1v) is 9.24. The van der Waals surface area contributed by atoms with Crippen LogP contribution in [-0.2, 0) is 0 Å². The molecule has 0 radical (unpaired) electrons. The summed E-state index contributed by atoms with van der Waals surface area (Å²) in [6, 6.07) is 12.0. The highest BCUT2D eigenvalue weighted by Crippen LogP contribution is 2.34. The normalized spacial score (nSPS) is 11.3. The number of hydrogen-bond donors (Lipinski definition) is 0. The molecule has 4 rings (SSSR count). The molecule has 29 heavy (non-hydrogen) atoms. The molecule has 0 atom stereocenters. The lowest BCUT2D eigenvalue weighted by Crippen LogP contribution is -2.09. The Morgan fingerprint density at radius 2 is 1.69 bits per heavy atom. The van der Waals surface area contributed by atoms with Crippen molar-refractivity contribution >= 4 is 21.9 Å². The second-order valence-electron chi connectivity index (χ2n) is 7.04. The summed E-state index contributed by atoms with van der Waals surface area (Å²) in [4.78, 5) is 25.1. The summed E-state index contributed by atoms with van der Waals surface area (Å²) in [5.74, 6) is 1.10. The van der Waals surface area contributed by atoms with E-state index < -0.39 is 11.3 Å². The Hall–Kier alpha value is -3.54. The van der Waals surface area contributed by atoms with Gasteiger partial charge in [-0.2, -0.15) is 0 Å². The zero-order chi connectivity index (χ0) is 20.7. The summed E-state index contributed by atoms with van der Waals surface area (Å²) in [5.41, 5.74) is 1.06. The lowest BCUT2D eigenvalue weighted by molar-refractivity contribution is 0.241. The van der Waals surface area contributed by atoms with Crippen molar-refractivity contribution in [2.45, 2.75) is 26.9 Å². The highest BCUT2D eigenvalue weighted by Gasteiger charge is 2.18. The Morgan fingerprint density at radius 3 is 2.41 bits per heavy atom. The van der Waals surface area contributed by atoms with E-state index in [0.29, 0.717) is 44.6 Å². The number of methoxy groups -OCH3 is 1. The lowest BCUT2D eigenvalue weighted by Gasteiger charge is -2.14. The average molecular weight is 392 g/mol. The first-order chi connectivity index (χ1) is 13.9. The summed E-state index contributed by atoms with van der Waals surface area (Å²) in [7, 11) is 1.51. The van der Waals surface area contributed by atoms with E-state index in [1.165, 1.54) is 13.2 Å². The van der Waals surface area contributed by atoms with Gasteiger partial charge in [0.25, 0.3) is 0 Å². The fraction of sp³-hybridized carbons (Fsp3) is 0.217. The van der Waals surface area contributed by atoms with Gasteiger partial charge in [-0.05, 0) is 45.0 Å². The molecule has 0 bridgehead atoms. The van der Waals surface area contributed by atoms with E-state index in [1.807, 2.05) is 39.0 Å². The van der Waals surface area contributed by atoms with Crippen LogP contribution in [0.4, 0.5) is 0 Å². The third-order valence-electron chi connectivity index (χ3n) is 4.71. The van der Waals surface area contributed by atoms with E-state index >= 15 is 0 Å². The maximum absolute atomic E-state index is 12.8. The minimum absolute atomic E-state index is 0.0245. The van der Waals surface area contributed by atoms with E-state index in [-0.39, 0.29) is 11.7 Å². The predicted molar refractivity (Wildman–Crippen MR) is 111 cm³/mol. The molecule has 0 saturated carbocycles. The molecule has 6 nitrogen and oxygen atoms in total. The fourth-order valence-corrected chi connectivity index (χ4v) is 3.41. The topological polar surface area (TPSA) is 78.9 Å². The smallest absolute Gasteiger partial charge is 0.344 e. The Bertz CT molecular complexity index is 1340. The Balaban J connectivity index is 2.01. The van der Waals surface area contributed by atoms with Crippen molar-refractivity contribution in [3.05, 3.63) is 68.9 Å². The zero-order valence-electron chi connectivity index (χ0n) is 16.6. The molecule has 148 valence electrons. The van der Waals surface area contributed by atoms with Crippen LogP contribution < -0.4 is 20.7 Å². The van der Waals surface area contributed by atoms with Crippen LogP contribution in [0.2, 0.25) is 0 Å². The molecule has 0 amide bonds. The number of benzene rings is 2. The maximum atomic E-state index is 12.8. The molecule has 4 aromatic rings. The van der Waals surface area contributed by atoms with E-state index in [4.69, 9.17) is 18.3 Å². The fourth-order valence-electron chi connectivity index (χ4n) is 3.41. The van der Waals surface area contributed by atoms with Gasteiger partial charge in [0.05, 0.1) is 18.8 Å². The molecule has 6 heteroatoms. The SMILES string of the molecule is COc1cccc2cc(-c3cc(=O)oc4c(C)c(OC(C)C)ccc34)c(=O)oc12. The van der Waals surface area contributed by atoms with Gasteiger partial charge in [0.15, 0.2) is 11.3 Å². The second-order valence-corrected chi connectivity index (χ2v) is 7.04. The molecule has 0 aliphatic carbocycles. The van der Waals surface area contributed by atoms with Gasteiger partial charge in [-0.1, -0.05) is 12.1 Å². The molecular weight excluding hydrogens is 372 g/mol. The second kappa shape index (κ2) is 7.13. The first-order valence-electron chi connectivity index (χ1n) is 9.24. The molecule has 2 aromatic carbocycles. The third kappa shape index (κ3) is 3.27. The van der Waals surface area contributed by atoms with Gasteiger partial charge in [0, 0.05) is 28.0 Å². The molecule has 0 spiro atoms. The van der Waals surface area contributed by atoms with Gasteiger partial charge < -0.3 is 18.3 Å². The van der Waals surface area contributed by atoms with E-state index in [1.54, 1.807) is 18.2 Å². The first kappa shape index (κ1) is 18.8. The standard InChI is InChI=1S/C23H20O6/c1-12(2)27-18-9-8-15-16(11-20(24)28-21(15)13(18)3)17-10-14-6-5-7-19(26-4)22(14)29-23(17)25/h5-12H,1-4H3. The maximum Gasteiger partial charge on any atom is 0.344 e. The van der Waals surface area contributed by atoms with E-state index in [2.05, 4.69) is 0 Å². The number of aryl methyl sites for hydroxylation is 1.